The fourth-order valence-electron chi connectivity index (χ4n) is 3.97. The molecular weight excluding hydrogens is 427 g/mol. The number of hydrogen-bond donors (Lipinski definition) is 1. The SMILES string of the molecule is Cc1ccc(-c2noc(CN3CCN(C(=O)C4CCC(C(F)(F)F)NC4=O)CC3)n2)cc1. The summed E-state index contributed by atoms with van der Waals surface area (Å²) in [6, 6.07) is 5.91. The monoisotopic (exact) mass is 451 g/mol. The van der Waals surface area contributed by atoms with E-state index in [9.17, 15) is 22.8 Å². The van der Waals surface area contributed by atoms with Crippen LogP contribution >= 0.6 is 0 Å². The van der Waals surface area contributed by atoms with Crippen LogP contribution in [0.3, 0.4) is 0 Å². The number of nitrogens with one attached hydrogen (secondary N) is 1. The number of piperidine rings is 1. The average Bonchev–Trinajstić information content (AvgIpc) is 3.22. The van der Waals surface area contributed by atoms with Gasteiger partial charge in [-0.1, -0.05) is 35.0 Å². The number of benzene rings is 1. The molecule has 0 aliphatic carbocycles. The maximum Gasteiger partial charge on any atom is 0.408 e. The molecule has 2 saturated heterocycles. The second-order valence-corrected chi connectivity index (χ2v) is 8.21. The number of aryl methyl sites for hydroxylation is 1. The van der Waals surface area contributed by atoms with Crippen molar-refractivity contribution in [2.75, 3.05) is 26.2 Å². The van der Waals surface area contributed by atoms with Gasteiger partial charge in [-0.2, -0.15) is 18.2 Å². The molecule has 0 bridgehead atoms. The van der Waals surface area contributed by atoms with Crippen molar-refractivity contribution in [2.24, 2.45) is 5.92 Å². The van der Waals surface area contributed by atoms with Crippen molar-refractivity contribution in [1.29, 1.82) is 0 Å². The normalized spacial score (nSPS) is 22.6. The molecule has 0 radical (unpaired) electrons. The first kappa shape index (κ1) is 22.3. The highest BCUT2D eigenvalue weighted by Crippen LogP contribution is 2.29. The fourth-order valence-corrected chi connectivity index (χ4v) is 3.97. The van der Waals surface area contributed by atoms with Crippen LogP contribution in [-0.2, 0) is 16.1 Å². The maximum absolute atomic E-state index is 12.8. The van der Waals surface area contributed by atoms with Crippen molar-refractivity contribution < 1.29 is 27.3 Å². The van der Waals surface area contributed by atoms with Gasteiger partial charge in [0, 0.05) is 31.7 Å². The van der Waals surface area contributed by atoms with Crippen LogP contribution in [0.15, 0.2) is 28.8 Å². The Balaban J connectivity index is 1.28. The second kappa shape index (κ2) is 8.89. The summed E-state index contributed by atoms with van der Waals surface area (Å²) < 4.78 is 43.7. The number of alkyl halides is 3. The van der Waals surface area contributed by atoms with Gasteiger partial charge < -0.3 is 14.7 Å². The molecule has 1 aromatic carbocycles. The molecular formula is C21H24F3N5O3. The van der Waals surface area contributed by atoms with Crippen molar-refractivity contribution >= 4 is 11.8 Å². The number of carbonyl (C=O) groups excluding carboxylic acids is 2. The molecule has 1 N–H and O–H groups in total. The van der Waals surface area contributed by atoms with Gasteiger partial charge >= 0.3 is 6.18 Å². The molecule has 2 amide bonds. The van der Waals surface area contributed by atoms with Crippen LogP contribution in [0, 0.1) is 12.8 Å². The highest BCUT2D eigenvalue weighted by Gasteiger charge is 2.46. The Bertz CT molecular complexity index is 968. The number of halogens is 3. The van der Waals surface area contributed by atoms with E-state index in [-0.39, 0.29) is 12.8 Å². The topological polar surface area (TPSA) is 91.6 Å². The van der Waals surface area contributed by atoms with Gasteiger partial charge in [0.1, 0.15) is 12.0 Å². The van der Waals surface area contributed by atoms with E-state index < -0.39 is 30.0 Å². The number of amides is 2. The van der Waals surface area contributed by atoms with E-state index in [2.05, 4.69) is 15.0 Å². The Labute approximate surface area is 182 Å². The number of hydrogen-bond acceptors (Lipinski definition) is 6. The third-order valence-electron chi connectivity index (χ3n) is 5.89. The zero-order valence-electron chi connectivity index (χ0n) is 17.6. The minimum absolute atomic E-state index is 0.0984. The highest BCUT2D eigenvalue weighted by molar-refractivity contribution is 6.01. The number of piperazine rings is 1. The smallest absolute Gasteiger partial charge is 0.344 e. The van der Waals surface area contributed by atoms with E-state index >= 15 is 0 Å². The van der Waals surface area contributed by atoms with Gasteiger partial charge in [0.25, 0.3) is 0 Å². The van der Waals surface area contributed by atoms with Crippen LogP contribution in [0.5, 0.6) is 0 Å². The quantitative estimate of drug-likeness (QED) is 0.717. The van der Waals surface area contributed by atoms with Crippen LogP contribution in [0.1, 0.15) is 24.3 Å². The zero-order valence-corrected chi connectivity index (χ0v) is 17.6. The van der Waals surface area contributed by atoms with Crippen molar-refractivity contribution in [3.05, 3.63) is 35.7 Å². The molecule has 3 heterocycles. The molecule has 11 heteroatoms. The first-order valence-electron chi connectivity index (χ1n) is 10.5. The average molecular weight is 451 g/mol. The van der Waals surface area contributed by atoms with Gasteiger partial charge in [0.15, 0.2) is 0 Å². The largest absolute Gasteiger partial charge is 0.408 e. The lowest BCUT2D eigenvalue weighted by Crippen LogP contribution is -2.57. The molecule has 1 aromatic heterocycles. The minimum Gasteiger partial charge on any atom is -0.344 e. The summed E-state index contributed by atoms with van der Waals surface area (Å²) in [6.07, 6.45) is -4.88. The Morgan fingerprint density at radius 2 is 1.84 bits per heavy atom. The summed E-state index contributed by atoms with van der Waals surface area (Å²) >= 11 is 0. The van der Waals surface area contributed by atoms with Crippen molar-refractivity contribution in [3.8, 4) is 11.4 Å². The molecule has 2 atom stereocenters. The van der Waals surface area contributed by atoms with Crippen molar-refractivity contribution in [2.45, 2.75) is 38.5 Å². The number of carbonyl (C=O) groups is 2. The lowest BCUT2D eigenvalue weighted by Gasteiger charge is -2.37. The van der Waals surface area contributed by atoms with E-state index in [4.69, 9.17) is 4.52 Å². The van der Waals surface area contributed by atoms with Gasteiger partial charge in [-0.3, -0.25) is 14.5 Å². The summed E-state index contributed by atoms with van der Waals surface area (Å²) in [4.78, 5) is 32.8. The maximum atomic E-state index is 12.8. The second-order valence-electron chi connectivity index (χ2n) is 8.21. The van der Waals surface area contributed by atoms with Crippen molar-refractivity contribution in [1.82, 2.24) is 25.3 Å². The Morgan fingerprint density at radius 3 is 2.47 bits per heavy atom. The van der Waals surface area contributed by atoms with Crippen LogP contribution in [-0.4, -0.2) is 70.2 Å². The van der Waals surface area contributed by atoms with Gasteiger partial charge in [0.05, 0.1) is 6.54 Å². The lowest BCUT2D eigenvalue weighted by atomic mass is 9.92. The molecule has 8 nitrogen and oxygen atoms in total. The van der Waals surface area contributed by atoms with Gasteiger partial charge in [-0.25, -0.2) is 0 Å². The molecule has 2 aromatic rings. The standard InChI is InChI=1S/C21H24F3N5O3/c1-13-2-4-14(5-3-13)18-26-17(32-27-18)12-28-8-10-29(11-9-28)20(31)15-6-7-16(21(22,23)24)25-19(15)30/h2-5,15-16H,6-12H2,1H3,(H,25,30). The molecule has 172 valence electrons. The number of rotatable bonds is 4. The number of aromatic nitrogens is 2. The molecule has 0 saturated carbocycles. The van der Waals surface area contributed by atoms with E-state index in [1.165, 1.54) is 0 Å². The van der Waals surface area contributed by atoms with Crippen LogP contribution in [0.2, 0.25) is 0 Å². The molecule has 2 fully saturated rings. The van der Waals surface area contributed by atoms with Crippen LogP contribution in [0.25, 0.3) is 11.4 Å². The summed E-state index contributed by atoms with van der Waals surface area (Å²) in [6.45, 7) is 4.25. The van der Waals surface area contributed by atoms with E-state index in [0.717, 1.165) is 11.1 Å². The lowest BCUT2D eigenvalue weighted by molar-refractivity contribution is -0.172. The molecule has 4 rings (SSSR count). The summed E-state index contributed by atoms with van der Waals surface area (Å²) in [5, 5.41) is 5.95. The Morgan fingerprint density at radius 1 is 1.16 bits per heavy atom. The van der Waals surface area contributed by atoms with E-state index in [1.54, 1.807) is 4.90 Å². The minimum atomic E-state index is -4.50. The van der Waals surface area contributed by atoms with Gasteiger partial charge in [-0.15, -0.1) is 0 Å². The molecule has 2 aliphatic heterocycles. The van der Waals surface area contributed by atoms with Gasteiger partial charge in [0.2, 0.25) is 23.5 Å². The predicted octanol–water partition coefficient (Wildman–Crippen LogP) is 2.15. The van der Waals surface area contributed by atoms with Gasteiger partial charge in [-0.05, 0) is 19.8 Å². The Kier molecular flexibility index (Phi) is 6.18. The van der Waals surface area contributed by atoms with E-state index in [1.807, 2.05) is 36.5 Å². The zero-order chi connectivity index (χ0) is 22.9. The van der Waals surface area contributed by atoms with Crippen LogP contribution < -0.4 is 5.32 Å². The fraction of sp³-hybridized carbons (Fsp3) is 0.524. The Hall–Kier alpha value is -2.95. The first-order valence-corrected chi connectivity index (χ1v) is 10.5. The molecule has 32 heavy (non-hydrogen) atoms. The molecule has 0 spiro atoms. The van der Waals surface area contributed by atoms with E-state index in [0.29, 0.717) is 44.4 Å². The highest BCUT2D eigenvalue weighted by atomic mass is 19.4. The number of nitrogens with zero attached hydrogens (tertiary/aromatic N) is 4. The van der Waals surface area contributed by atoms with Crippen LogP contribution in [0.4, 0.5) is 13.2 Å². The molecule has 2 aliphatic rings. The third kappa shape index (κ3) is 4.93. The summed E-state index contributed by atoms with van der Waals surface area (Å²) in [5.74, 6) is -1.35. The molecule has 2 unspecified atom stereocenters. The third-order valence-corrected chi connectivity index (χ3v) is 5.89. The predicted molar refractivity (Wildman–Crippen MR) is 107 cm³/mol. The van der Waals surface area contributed by atoms with Crippen molar-refractivity contribution in [3.63, 3.8) is 0 Å². The first-order chi connectivity index (χ1) is 15.2. The summed E-state index contributed by atoms with van der Waals surface area (Å²) in [7, 11) is 0. The summed E-state index contributed by atoms with van der Waals surface area (Å²) in [5.41, 5.74) is 2.00.